The van der Waals surface area contributed by atoms with Gasteiger partial charge >= 0.3 is 0 Å². The first-order valence-corrected chi connectivity index (χ1v) is 6.17. The van der Waals surface area contributed by atoms with Crippen molar-refractivity contribution < 1.29 is 4.39 Å². The van der Waals surface area contributed by atoms with Crippen LogP contribution in [0.3, 0.4) is 0 Å². The number of benzene rings is 1. The number of anilines is 1. The Kier molecular flexibility index (Phi) is 3.47. The summed E-state index contributed by atoms with van der Waals surface area (Å²) in [4.78, 5) is 2.32. The molecule has 0 aromatic heterocycles. The molecule has 1 atom stereocenters. The minimum absolute atomic E-state index is 0.135. The van der Waals surface area contributed by atoms with Crippen molar-refractivity contribution in [3.63, 3.8) is 0 Å². The van der Waals surface area contributed by atoms with Crippen molar-refractivity contribution >= 4 is 5.69 Å². The summed E-state index contributed by atoms with van der Waals surface area (Å²) in [5, 5.41) is 0. The van der Waals surface area contributed by atoms with Crippen LogP contribution in [-0.4, -0.2) is 13.1 Å². The van der Waals surface area contributed by atoms with Crippen molar-refractivity contribution in [3.05, 3.63) is 30.1 Å². The van der Waals surface area contributed by atoms with Gasteiger partial charge in [-0.25, -0.2) is 4.39 Å². The second-order valence-corrected chi connectivity index (χ2v) is 5.07. The van der Waals surface area contributed by atoms with Crippen LogP contribution in [0.5, 0.6) is 0 Å². The number of nitrogens with zero attached hydrogens (tertiary/aromatic N) is 1. The van der Waals surface area contributed by atoms with Crippen molar-refractivity contribution in [2.75, 3.05) is 18.0 Å². The van der Waals surface area contributed by atoms with Gasteiger partial charge in [0, 0.05) is 18.8 Å². The average molecular weight is 221 g/mol. The van der Waals surface area contributed by atoms with E-state index in [2.05, 4.69) is 18.7 Å². The molecule has 1 aliphatic rings. The smallest absolute Gasteiger partial charge is 0.125 e. The van der Waals surface area contributed by atoms with Crippen molar-refractivity contribution in [1.29, 1.82) is 0 Å². The molecular formula is C14H20FN. The summed E-state index contributed by atoms with van der Waals surface area (Å²) in [6.07, 6.45) is 2.53. The first-order valence-electron chi connectivity index (χ1n) is 6.17. The molecule has 1 fully saturated rings. The van der Waals surface area contributed by atoms with E-state index in [9.17, 15) is 4.39 Å². The van der Waals surface area contributed by atoms with Gasteiger partial charge in [0.1, 0.15) is 5.82 Å². The summed E-state index contributed by atoms with van der Waals surface area (Å²) in [6, 6.07) is 6.95. The third-order valence-corrected chi connectivity index (χ3v) is 3.57. The first kappa shape index (κ1) is 11.4. The highest BCUT2D eigenvalue weighted by Gasteiger charge is 2.22. The number of hydrogen-bond donors (Lipinski definition) is 0. The maximum absolute atomic E-state index is 13.2. The predicted octanol–water partition coefficient (Wildman–Crippen LogP) is 3.70. The van der Waals surface area contributed by atoms with Gasteiger partial charge in [-0.15, -0.1) is 0 Å². The SMILES string of the molecule is CC(C)C1CCCN(c2cccc(F)c2)C1. The van der Waals surface area contributed by atoms with E-state index in [-0.39, 0.29) is 5.82 Å². The maximum atomic E-state index is 13.2. The average Bonchev–Trinajstić information content (AvgIpc) is 2.29. The van der Waals surface area contributed by atoms with Crippen LogP contribution in [0.1, 0.15) is 26.7 Å². The van der Waals surface area contributed by atoms with E-state index in [0.717, 1.165) is 30.6 Å². The zero-order chi connectivity index (χ0) is 11.5. The van der Waals surface area contributed by atoms with E-state index >= 15 is 0 Å². The van der Waals surface area contributed by atoms with Crippen molar-refractivity contribution in [2.24, 2.45) is 11.8 Å². The lowest BCUT2D eigenvalue weighted by Crippen LogP contribution is -2.37. The Labute approximate surface area is 97.3 Å². The molecule has 1 aliphatic heterocycles. The monoisotopic (exact) mass is 221 g/mol. The highest BCUT2D eigenvalue weighted by Crippen LogP contribution is 2.27. The van der Waals surface area contributed by atoms with E-state index in [0.29, 0.717) is 0 Å². The normalized spacial score (nSPS) is 21.5. The van der Waals surface area contributed by atoms with Crippen molar-refractivity contribution in [2.45, 2.75) is 26.7 Å². The van der Waals surface area contributed by atoms with E-state index in [1.54, 1.807) is 12.1 Å². The van der Waals surface area contributed by atoms with Crippen LogP contribution in [0.25, 0.3) is 0 Å². The Morgan fingerprint density at radius 2 is 2.19 bits per heavy atom. The van der Waals surface area contributed by atoms with Crippen LogP contribution in [0, 0.1) is 17.7 Å². The van der Waals surface area contributed by atoms with Crippen LogP contribution in [0.4, 0.5) is 10.1 Å². The van der Waals surface area contributed by atoms with Gasteiger partial charge in [-0.3, -0.25) is 0 Å². The minimum atomic E-state index is -0.135. The number of rotatable bonds is 2. The molecule has 1 heterocycles. The van der Waals surface area contributed by atoms with Crippen molar-refractivity contribution in [3.8, 4) is 0 Å². The first-order chi connectivity index (χ1) is 7.66. The van der Waals surface area contributed by atoms with Gasteiger partial charge in [0.05, 0.1) is 0 Å². The van der Waals surface area contributed by atoms with Gasteiger partial charge < -0.3 is 4.90 Å². The molecule has 1 unspecified atom stereocenters. The standard InChI is InChI=1S/C14H20FN/c1-11(2)12-5-4-8-16(10-12)14-7-3-6-13(15)9-14/h3,6-7,9,11-12H,4-5,8,10H2,1-2H3. The van der Waals surface area contributed by atoms with E-state index < -0.39 is 0 Å². The van der Waals surface area contributed by atoms with Crippen LogP contribution in [-0.2, 0) is 0 Å². The Bertz CT molecular complexity index is 348. The molecule has 0 N–H and O–H groups in total. The lowest BCUT2D eigenvalue weighted by Gasteiger charge is -2.36. The molecule has 0 radical (unpaired) electrons. The van der Waals surface area contributed by atoms with Gasteiger partial charge in [0.2, 0.25) is 0 Å². The Morgan fingerprint density at radius 3 is 2.88 bits per heavy atom. The lowest BCUT2D eigenvalue weighted by atomic mass is 9.88. The van der Waals surface area contributed by atoms with Crippen molar-refractivity contribution in [1.82, 2.24) is 0 Å². The third kappa shape index (κ3) is 2.55. The minimum Gasteiger partial charge on any atom is -0.371 e. The van der Waals surface area contributed by atoms with Gasteiger partial charge in [0.25, 0.3) is 0 Å². The Morgan fingerprint density at radius 1 is 1.38 bits per heavy atom. The van der Waals surface area contributed by atoms with Crippen LogP contribution in [0.15, 0.2) is 24.3 Å². The summed E-state index contributed by atoms with van der Waals surface area (Å²) in [7, 11) is 0. The summed E-state index contributed by atoms with van der Waals surface area (Å²) < 4.78 is 13.2. The number of halogens is 1. The van der Waals surface area contributed by atoms with E-state index in [1.807, 2.05) is 6.07 Å². The molecule has 2 heteroatoms. The lowest BCUT2D eigenvalue weighted by molar-refractivity contribution is 0.321. The molecule has 0 aliphatic carbocycles. The van der Waals surface area contributed by atoms with Gasteiger partial charge in [-0.1, -0.05) is 19.9 Å². The number of piperidine rings is 1. The topological polar surface area (TPSA) is 3.24 Å². The zero-order valence-electron chi connectivity index (χ0n) is 10.1. The second kappa shape index (κ2) is 4.86. The zero-order valence-corrected chi connectivity index (χ0v) is 10.1. The van der Waals surface area contributed by atoms with Crippen LogP contribution >= 0.6 is 0 Å². The Balaban J connectivity index is 2.09. The maximum Gasteiger partial charge on any atom is 0.125 e. The number of hydrogen-bond acceptors (Lipinski definition) is 1. The van der Waals surface area contributed by atoms with Gasteiger partial charge in [-0.05, 0) is 42.9 Å². The summed E-state index contributed by atoms with van der Waals surface area (Å²) in [6.45, 7) is 6.69. The summed E-state index contributed by atoms with van der Waals surface area (Å²) in [5.41, 5.74) is 1.03. The molecular weight excluding hydrogens is 201 g/mol. The van der Waals surface area contributed by atoms with Crippen LogP contribution in [0.2, 0.25) is 0 Å². The fourth-order valence-corrected chi connectivity index (χ4v) is 2.46. The molecule has 0 amide bonds. The third-order valence-electron chi connectivity index (χ3n) is 3.57. The predicted molar refractivity (Wildman–Crippen MR) is 66.2 cm³/mol. The molecule has 2 rings (SSSR count). The molecule has 1 saturated heterocycles. The molecule has 88 valence electrons. The molecule has 0 bridgehead atoms. The van der Waals surface area contributed by atoms with E-state index in [4.69, 9.17) is 0 Å². The van der Waals surface area contributed by atoms with Crippen LogP contribution < -0.4 is 4.90 Å². The Hall–Kier alpha value is -1.05. The quantitative estimate of drug-likeness (QED) is 0.736. The highest BCUT2D eigenvalue weighted by molar-refractivity contribution is 5.46. The van der Waals surface area contributed by atoms with E-state index in [1.165, 1.54) is 18.9 Å². The molecule has 1 aromatic rings. The fourth-order valence-electron chi connectivity index (χ4n) is 2.46. The van der Waals surface area contributed by atoms with Gasteiger partial charge in [-0.2, -0.15) is 0 Å². The molecule has 16 heavy (non-hydrogen) atoms. The molecule has 1 nitrogen and oxygen atoms in total. The summed E-state index contributed by atoms with van der Waals surface area (Å²) >= 11 is 0. The highest BCUT2D eigenvalue weighted by atomic mass is 19.1. The second-order valence-electron chi connectivity index (χ2n) is 5.07. The molecule has 0 saturated carbocycles. The molecule has 0 spiro atoms. The fraction of sp³-hybridized carbons (Fsp3) is 0.571. The molecule has 1 aromatic carbocycles. The largest absolute Gasteiger partial charge is 0.371 e. The van der Waals surface area contributed by atoms with Gasteiger partial charge in [0.15, 0.2) is 0 Å². The summed E-state index contributed by atoms with van der Waals surface area (Å²) in [5.74, 6) is 1.33.